The number of benzene rings is 2. The van der Waals surface area contributed by atoms with Crippen LogP contribution in [0.15, 0.2) is 53.9 Å². The van der Waals surface area contributed by atoms with E-state index >= 15 is 0 Å². The first-order valence-corrected chi connectivity index (χ1v) is 10.5. The first-order valence-electron chi connectivity index (χ1n) is 9.60. The van der Waals surface area contributed by atoms with Gasteiger partial charge in [0.25, 0.3) is 5.91 Å². The number of rotatable bonds is 5. The first kappa shape index (κ1) is 19.3. The normalized spacial score (nSPS) is 14.0. The van der Waals surface area contributed by atoms with Crippen LogP contribution < -0.4 is 15.0 Å². The molecule has 1 aliphatic rings. The number of hydrogen-bond acceptors (Lipinski definition) is 6. The predicted octanol–water partition coefficient (Wildman–Crippen LogP) is 4.17. The highest BCUT2D eigenvalue weighted by Gasteiger charge is 2.24. The molecule has 29 heavy (non-hydrogen) atoms. The molecule has 1 saturated heterocycles. The van der Waals surface area contributed by atoms with Crippen molar-refractivity contribution in [3.05, 3.63) is 65.2 Å². The van der Waals surface area contributed by atoms with Crippen LogP contribution in [0.4, 0.5) is 16.5 Å². The summed E-state index contributed by atoms with van der Waals surface area (Å²) in [5.41, 5.74) is 3.65. The minimum atomic E-state index is -0.0155. The Labute approximate surface area is 174 Å². The highest BCUT2D eigenvalue weighted by atomic mass is 32.1. The average molecular weight is 409 g/mol. The Kier molecular flexibility index (Phi) is 5.67. The number of para-hydroxylation sites is 1. The van der Waals surface area contributed by atoms with Gasteiger partial charge in [0.1, 0.15) is 11.4 Å². The second kappa shape index (κ2) is 8.53. The van der Waals surface area contributed by atoms with E-state index in [1.807, 2.05) is 53.6 Å². The maximum absolute atomic E-state index is 12.9. The maximum Gasteiger partial charge on any atom is 0.273 e. The maximum atomic E-state index is 12.9. The summed E-state index contributed by atoms with van der Waals surface area (Å²) < 4.78 is 5.40. The Morgan fingerprint density at radius 1 is 1.10 bits per heavy atom. The number of hydrogen-bond donors (Lipinski definition) is 1. The van der Waals surface area contributed by atoms with Gasteiger partial charge >= 0.3 is 0 Å². The number of anilines is 3. The standard InChI is InChI=1S/C22H24N4O2S/c1-16-8-9-20(28-2)18(14-16)23-22-24-19(15-29-22)21(27)26-12-10-25(11-13-26)17-6-4-3-5-7-17/h3-9,14-15H,10-13H2,1-2H3,(H,23,24). The van der Waals surface area contributed by atoms with Gasteiger partial charge in [-0.05, 0) is 36.8 Å². The van der Waals surface area contributed by atoms with Gasteiger partial charge < -0.3 is 19.9 Å². The quantitative estimate of drug-likeness (QED) is 0.687. The van der Waals surface area contributed by atoms with Crippen LogP contribution in [-0.4, -0.2) is 49.1 Å². The molecule has 1 fully saturated rings. The monoisotopic (exact) mass is 408 g/mol. The second-order valence-electron chi connectivity index (χ2n) is 6.98. The number of nitrogens with one attached hydrogen (secondary N) is 1. The lowest BCUT2D eigenvalue weighted by molar-refractivity contribution is 0.0742. The highest BCUT2D eigenvalue weighted by Crippen LogP contribution is 2.30. The van der Waals surface area contributed by atoms with Gasteiger partial charge in [-0.15, -0.1) is 11.3 Å². The lowest BCUT2D eigenvalue weighted by Gasteiger charge is -2.35. The SMILES string of the molecule is COc1ccc(C)cc1Nc1nc(C(=O)N2CCN(c3ccccc3)CC2)cs1. The van der Waals surface area contributed by atoms with Crippen molar-refractivity contribution in [2.45, 2.75) is 6.92 Å². The van der Waals surface area contributed by atoms with Gasteiger partial charge in [0.05, 0.1) is 12.8 Å². The zero-order chi connectivity index (χ0) is 20.2. The minimum Gasteiger partial charge on any atom is -0.495 e. The van der Waals surface area contributed by atoms with Crippen molar-refractivity contribution >= 4 is 33.8 Å². The van der Waals surface area contributed by atoms with Crippen LogP contribution in [0.25, 0.3) is 0 Å². The Morgan fingerprint density at radius 2 is 1.86 bits per heavy atom. The molecule has 3 aromatic rings. The Bertz CT molecular complexity index is 981. The van der Waals surface area contributed by atoms with Crippen LogP contribution in [0, 0.1) is 6.92 Å². The summed E-state index contributed by atoms with van der Waals surface area (Å²) >= 11 is 1.42. The third kappa shape index (κ3) is 4.35. The molecule has 0 spiro atoms. The number of nitrogens with zero attached hydrogens (tertiary/aromatic N) is 3. The highest BCUT2D eigenvalue weighted by molar-refractivity contribution is 7.14. The molecule has 0 aliphatic carbocycles. The summed E-state index contributed by atoms with van der Waals surface area (Å²) in [6, 6.07) is 16.2. The Morgan fingerprint density at radius 3 is 2.59 bits per heavy atom. The van der Waals surface area contributed by atoms with E-state index in [2.05, 4.69) is 27.3 Å². The van der Waals surface area contributed by atoms with E-state index in [9.17, 15) is 4.79 Å². The number of carbonyl (C=O) groups is 1. The number of aryl methyl sites for hydroxylation is 1. The number of amides is 1. The molecule has 150 valence electrons. The Hall–Kier alpha value is -3.06. The molecule has 0 atom stereocenters. The van der Waals surface area contributed by atoms with Gasteiger partial charge in [-0.1, -0.05) is 24.3 Å². The van der Waals surface area contributed by atoms with Crippen molar-refractivity contribution in [2.75, 3.05) is 43.5 Å². The topological polar surface area (TPSA) is 57.7 Å². The van der Waals surface area contributed by atoms with E-state index < -0.39 is 0 Å². The lowest BCUT2D eigenvalue weighted by Crippen LogP contribution is -2.48. The molecule has 2 heterocycles. The van der Waals surface area contributed by atoms with Gasteiger partial charge in [0.15, 0.2) is 5.13 Å². The summed E-state index contributed by atoms with van der Waals surface area (Å²) in [5, 5.41) is 5.77. The molecule has 2 aromatic carbocycles. The van der Waals surface area contributed by atoms with E-state index in [1.54, 1.807) is 7.11 Å². The molecule has 6 nitrogen and oxygen atoms in total. The molecule has 1 aliphatic heterocycles. The van der Waals surface area contributed by atoms with Crippen LogP contribution >= 0.6 is 11.3 Å². The zero-order valence-corrected chi connectivity index (χ0v) is 17.4. The van der Waals surface area contributed by atoms with Crippen LogP contribution in [-0.2, 0) is 0 Å². The van der Waals surface area contributed by atoms with Crippen molar-refractivity contribution in [1.82, 2.24) is 9.88 Å². The molecule has 1 aromatic heterocycles. The number of thiazole rings is 1. The third-order valence-corrected chi connectivity index (χ3v) is 5.77. The molecule has 0 bridgehead atoms. The molecular formula is C22H24N4O2S. The molecule has 4 rings (SSSR count). The molecule has 0 saturated carbocycles. The average Bonchev–Trinajstić information content (AvgIpc) is 3.23. The fourth-order valence-electron chi connectivity index (χ4n) is 3.43. The molecular weight excluding hydrogens is 384 g/mol. The van der Waals surface area contributed by atoms with E-state index in [0.717, 1.165) is 30.1 Å². The molecule has 7 heteroatoms. The van der Waals surface area contributed by atoms with E-state index in [0.29, 0.717) is 23.9 Å². The van der Waals surface area contributed by atoms with Crippen molar-refractivity contribution in [1.29, 1.82) is 0 Å². The second-order valence-corrected chi connectivity index (χ2v) is 7.84. The van der Waals surface area contributed by atoms with Crippen LogP contribution in [0.5, 0.6) is 5.75 Å². The first-order chi connectivity index (χ1) is 14.1. The molecule has 0 unspecified atom stereocenters. The van der Waals surface area contributed by atoms with Crippen LogP contribution in [0.1, 0.15) is 16.1 Å². The third-order valence-electron chi connectivity index (χ3n) is 5.01. The van der Waals surface area contributed by atoms with Gasteiger partial charge in [-0.2, -0.15) is 0 Å². The lowest BCUT2D eigenvalue weighted by atomic mass is 10.2. The fourth-order valence-corrected chi connectivity index (χ4v) is 4.13. The summed E-state index contributed by atoms with van der Waals surface area (Å²) in [7, 11) is 1.64. The predicted molar refractivity (Wildman–Crippen MR) is 118 cm³/mol. The number of aromatic nitrogens is 1. The van der Waals surface area contributed by atoms with Crippen molar-refractivity contribution in [2.24, 2.45) is 0 Å². The molecule has 1 N–H and O–H groups in total. The summed E-state index contributed by atoms with van der Waals surface area (Å²) in [6.07, 6.45) is 0. The van der Waals surface area contributed by atoms with Crippen molar-refractivity contribution < 1.29 is 9.53 Å². The van der Waals surface area contributed by atoms with Crippen LogP contribution in [0.2, 0.25) is 0 Å². The summed E-state index contributed by atoms with van der Waals surface area (Å²) in [4.78, 5) is 21.6. The fraction of sp³-hybridized carbons (Fsp3) is 0.273. The van der Waals surface area contributed by atoms with Gasteiger partial charge in [0, 0.05) is 37.2 Å². The minimum absolute atomic E-state index is 0.0155. The van der Waals surface area contributed by atoms with Crippen molar-refractivity contribution in [3.63, 3.8) is 0 Å². The number of piperazine rings is 1. The van der Waals surface area contributed by atoms with Gasteiger partial charge in [-0.3, -0.25) is 4.79 Å². The largest absolute Gasteiger partial charge is 0.495 e. The van der Waals surface area contributed by atoms with E-state index in [-0.39, 0.29) is 5.91 Å². The molecule has 1 amide bonds. The van der Waals surface area contributed by atoms with Gasteiger partial charge in [-0.25, -0.2) is 4.98 Å². The number of carbonyl (C=O) groups excluding carboxylic acids is 1. The zero-order valence-electron chi connectivity index (χ0n) is 16.6. The summed E-state index contributed by atoms with van der Waals surface area (Å²) in [5.74, 6) is 0.730. The van der Waals surface area contributed by atoms with Crippen molar-refractivity contribution in [3.8, 4) is 5.75 Å². The smallest absolute Gasteiger partial charge is 0.273 e. The number of methoxy groups -OCH3 is 1. The van der Waals surface area contributed by atoms with E-state index in [4.69, 9.17) is 4.74 Å². The van der Waals surface area contributed by atoms with Gasteiger partial charge in [0.2, 0.25) is 0 Å². The molecule has 0 radical (unpaired) electrons. The van der Waals surface area contributed by atoms with E-state index in [1.165, 1.54) is 17.0 Å². The van der Waals surface area contributed by atoms with Crippen LogP contribution in [0.3, 0.4) is 0 Å². The summed E-state index contributed by atoms with van der Waals surface area (Å²) in [6.45, 7) is 5.06. The number of ether oxygens (including phenoxy) is 1. The Balaban J connectivity index is 1.40.